The maximum absolute atomic E-state index is 13.5. The molecule has 2 rings (SSSR count). The normalized spacial score (nSPS) is 16.4. The van der Waals surface area contributed by atoms with Gasteiger partial charge in [-0.3, -0.25) is 9.59 Å². The number of alkyl carbamates (subject to hydrolysis) is 1. The van der Waals surface area contributed by atoms with Crippen LogP contribution in [0.3, 0.4) is 0 Å². The number of carbonyl (C=O) groups is 3. The third-order valence-electron chi connectivity index (χ3n) is 5.63. The lowest BCUT2D eigenvalue weighted by Gasteiger charge is -2.34. The molecule has 33 heavy (non-hydrogen) atoms. The van der Waals surface area contributed by atoms with E-state index in [1.165, 1.54) is 4.90 Å². The van der Waals surface area contributed by atoms with Gasteiger partial charge in [-0.2, -0.15) is 0 Å². The summed E-state index contributed by atoms with van der Waals surface area (Å²) < 4.78 is 5.26. The minimum atomic E-state index is -0.943. The number of aryl methyl sites for hydroxylation is 1. The number of hydrogen-bond donors (Lipinski definition) is 3. The van der Waals surface area contributed by atoms with E-state index in [1.54, 1.807) is 27.7 Å². The van der Waals surface area contributed by atoms with Crippen molar-refractivity contribution in [2.24, 2.45) is 0 Å². The van der Waals surface area contributed by atoms with Crippen LogP contribution < -0.4 is 10.6 Å². The molecule has 3 N–H and O–H groups in total. The quantitative estimate of drug-likeness (QED) is 0.551. The number of ether oxygens (including phenoxy) is 1. The van der Waals surface area contributed by atoms with Crippen LogP contribution in [0.25, 0.3) is 0 Å². The lowest BCUT2D eigenvalue weighted by Crippen LogP contribution is -2.53. The summed E-state index contributed by atoms with van der Waals surface area (Å²) in [5, 5.41) is 15.4. The molecule has 0 heterocycles. The van der Waals surface area contributed by atoms with Gasteiger partial charge in [0.1, 0.15) is 17.7 Å². The Bertz CT molecular complexity index is 797. The summed E-state index contributed by atoms with van der Waals surface area (Å²) >= 11 is 0. The highest BCUT2D eigenvalue weighted by atomic mass is 16.6. The first-order valence-corrected chi connectivity index (χ1v) is 11.8. The van der Waals surface area contributed by atoms with Gasteiger partial charge in [-0.15, -0.1) is 0 Å². The molecule has 2 unspecified atom stereocenters. The highest BCUT2D eigenvalue weighted by Gasteiger charge is 2.35. The van der Waals surface area contributed by atoms with Gasteiger partial charge in [0, 0.05) is 12.6 Å². The second kappa shape index (κ2) is 12.0. The first kappa shape index (κ1) is 26.6. The van der Waals surface area contributed by atoms with Crippen molar-refractivity contribution in [1.29, 1.82) is 0 Å². The minimum absolute atomic E-state index is 0.0458. The molecule has 184 valence electrons. The van der Waals surface area contributed by atoms with E-state index in [0.717, 1.165) is 37.7 Å². The molecule has 1 aromatic rings. The highest BCUT2D eigenvalue weighted by molar-refractivity contribution is 5.92. The maximum Gasteiger partial charge on any atom is 0.408 e. The van der Waals surface area contributed by atoms with Gasteiger partial charge >= 0.3 is 6.09 Å². The number of aliphatic hydroxyl groups is 1. The predicted molar refractivity (Wildman–Crippen MR) is 127 cm³/mol. The molecule has 1 aromatic carbocycles. The zero-order valence-corrected chi connectivity index (χ0v) is 20.5. The van der Waals surface area contributed by atoms with Crippen LogP contribution in [0.4, 0.5) is 4.79 Å². The van der Waals surface area contributed by atoms with Gasteiger partial charge in [-0.25, -0.2) is 4.79 Å². The molecule has 1 fully saturated rings. The summed E-state index contributed by atoms with van der Waals surface area (Å²) in [7, 11) is 0. The van der Waals surface area contributed by atoms with Crippen molar-refractivity contribution in [3.05, 3.63) is 35.4 Å². The van der Waals surface area contributed by atoms with Crippen LogP contribution >= 0.6 is 0 Å². The number of rotatable bonds is 8. The summed E-state index contributed by atoms with van der Waals surface area (Å²) in [5.74, 6) is -0.753. The van der Waals surface area contributed by atoms with Crippen LogP contribution in [0, 0.1) is 6.92 Å². The second-order valence-corrected chi connectivity index (χ2v) is 9.78. The van der Waals surface area contributed by atoms with E-state index in [1.807, 2.05) is 31.2 Å². The molecule has 3 amide bonds. The first-order chi connectivity index (χ1) is 15.5. The maximum atomic E-state index is 13.5. The van der Waals surface area contributed by atoms with Crippen LogP contribution in [0.15, 0.2) is 24.3 Å². The molecule has 2 atom stereocenters. The van der Waals surface area contributed by atoms with Crippen molar-refractivity contribution < 1.29 is 24.2 Å². The second-order valence-electron chi connectivity index (χ2n) is 9.78. The molecule has 0 bridgehead atoms. The van der Waals surface area contributed by atoms with Gasteiger partial charge in [0.25, 0.3) is 0 Å². The van der Waals surface area contributed by atoms with E-state index in [9.17, 15) is 19.5 Å². The van der Waals surface area contributed by atoms with Crippen LogP contribution in [0.2, 0.25) is 0 Å². The van der Waals surface area contributed by atoms with Crippen molar-refractivity contribution in [3.63, 3.8) is 0 Å². The van der Waals surface area contributed by atoms with Crippen molar-refractivity contribution in [2.45, 2.75) is 90.4 Å². The fraction of sp³-hybridized carbons (Fsp3) is 0.640. The molecule has 8 heteroatoms. The van der Waals surface area contributed by atoms with Crippen molar-refractivity contribution in [2.75, 3.05) is 13.2 Å². The van der Waals surface area contributed by atoms with Crippen molar-refractivity contribution in [1.82, 2.24) is 15.5 Å². The molecule has 1 aliphatic carbocycles. The van der Waals surface area contributed by atoms with Crippen LogP contribution in [0.1, 0.15) is 77.0 Å². The van der Waals surface area contributed by atoms with E-state index in [-0.39, 0.29) is 25.1 Å². The number of benzene rings is 1. The van der Waals surface area contributed by atoms with E-state index < -0.39 is 29.7 Å². The van der Waals surface area contributed by atoms with Gasteiger partial charge in [0.05, 0.1) is 6.61 Å². The molecule has 1 saturated carbocycles. The summed E-state index contributed by atoms with van der Waals surface area (Å²) in [6, 6.07) is 5.63. The van der Waals surface area contributed by atoms with Crippen LogP contribution in [-0.2, 0) is 14.3 Å². The summed E-state index contributed by atoms with van der Waals surface area (Å²) in [4.78, 5) is 40.4. The molecule has 1 aliphatic rings. The molecular formula is C25H39N3O5. The van der Waals surface area contributed by atoms with E-state index in [4.69, 9.17) is 4.74 Å². The number of aliphatic hydroxyl groups excluding tert-OH is 1. The van der Waals surface area contributed by atoms with Crippen LogP contribution in [0.5, 0.6) is 0 Å². The Morgan fingerprint density at radius 1 is 1.12 bits per heavy atom. The number of carbonyl (C=O) groups excluding carboxylic acids is 3. The van der Waals surface area contributed by atoms with E-state index in [0.29, 0.717) is 5.56 Å². The SMILES string of the molecule is Cc1ccc(C(C(=O)NC2CCCCC2)N(CCO)C(=O)C(C)NC(=O)OC(C)(C)C)cc1. The Balaban J connectivity index is 2.28. The van der Waals surface area contributed by atoms with E-state index in [2.05, 4.69) is 10.6 Å². The fourth-order valence-corrected chi connectivity index (χ4v) is 4.02. The topological polar surface area (TPSA) is 108 Å². The molecular weight excluding hydrogens is 422 g/mol. The van der Waals surface area contributed by atoms with Gasteiger partial charge in [0.2, 0.25) is 11.8 Å². The monoisotopic (exact) mass is 461 g/mol. The predicted octanol–water partition coefficient (Wildman–Crippen LogP) is 3.22. The molecule has 0 spiro atoms. The summed E-state index contributed by atoms with van der Waals surface area (Å²) in [5.41, 5.74) is 0.979. The van der Waals surface area contributed by atoms with Gasteiger partial charge in [-0.05, 0) is 53.0 Å². The van der Waals surface area contributed by atoms with Crippen LogP contribution in [-0.4, -0.2) is 58.8 Å². The summed E-state index contributed by atoms with van der Waals surface area (Å²) in [6.45, 7) is 8.34. The fourth-order valence-electron chi connectivity index (χ4n) is 4.02. The van der Waals surface area contributed by atoms with Crippen molar-refractivity contribution >= 4 is 17.9 Å². The zero-order valence-electron chi connectivity index (χ0n) is 20.5. The Morgan fingerprint density at radius 2 is 1.73 bits per heavy atom. The Hall–Kier alpha value is -2.61. The molecule has 0 radical (unpaired) electrons. The van der Waals surface area contributed by atoms with Gasteiger partial charge < -0.3 is 25.4 Å². The average molecular weight is 462 g/mol. The first-order valence-electron chi connectivity index (χ1n) is 11.8. The minimum Gasteiger partial charge on any atom is -0.444 e. The average Bonchev–Trinajstić information content (AvgIpc) is 2.73. The molecule has 0 aliphatic heterocycles. The van der Waals surface area contributed by atoms with E-state index >= 15 is 0 Å². The third-order valence-corrected chi connectivity index (χ3v) is 5.63. The van der Waals surface area contributed by atoms with Crippen molar-refractivity contribution in [3.8, 4) is 0 Å². The molecule has 0 saturated heterocycles. The zero-order chi connectivity index (χ0) is 24.6. The van der Waals surface area contributed by atoms with Gasteiger partial charge in [0.15, 0.2) is 0 Å². The lowest BCUT2D eigenvalue weighted by molar-refractivity contribution is -0.143. The molecule has 0 aromatic heterocycles. The Kier molecular flexibility index (Phi) is 9.70. The number of hydrogen-bond acceptors (Lipinski definition) is 5. The highest BCUT2D eigenvalue weighted by Crippen LogP contribution is 2.25. The summed E-state index contributed by atoms with van der Waals surface area (Å²) in [6.07, 6.45) is 4.41. The Labute approximate surface area is 197 Å². The number of amides is 3. The smallest absolute Gasteiger partial charge is 0.408 e. The number of nitrogens with one attached hydrogen (secondary N) is 2. The molecule has 8 nitrogen and oxygen atoms in total. The Morgan fingerprint density at radius 3 is 2.27 bits per heavy atom. The third kappa shape index (κ3) is 8.35. The lowest BCUT2D eigenvalue weighted by atomic mass is 9.94. The largest absolute Gasteiger partial charge is 0.444 e. The standard InChI is InChI=1S/C25H39N3O5/c1-17-11-13-19(14-12-17)21(22(30)27-20-9-7-6-8-10-20)28(15-16-29)23(31)18(2)26-24(32)33-25(3,4)5/h11-14,18,20-21,29H,6-10,15-16H2,1-5H3,(H,26,32)(H,27,30). The van der Waals surface area contributed by atoms with Gasteiger partial charge in [-0.1, -0.05) is 49.1 Å². The number of nitrogens with zero attached hydrogens (tertiary/aromatic N) is 1.